The molecule has 0 bridgehead atoms. The molecule has 0 saturated carbocycles. The molecule has 1 aliphatic rings. The summed E-state index contributed by atoms with van der Waals surface area (Å²) in [7, 11) is 0. The van der Waals surface area contributed by atoms with Gasteiger partial charge in [0.25, 0.3) is 11.8 Å². The molecule has 2 N–H and O–H groups in total. The van der Waals surface area contributed by atoms with Crippen LogP contribution in [-0.4, -0.2) is 18.4 Å². The largest absolute Gasteiger partial charge is 0.482 e. The number of carbonyl (C=O) groups excluding carboxylic acids is 2. The molecule has 1 aromatic heterocycles. The Morgan fingerprint density at radius 3 is 2.84 bits per heavy atom. The Morgan fingerprint density at radius 2 is 2.00 bits per heavy atom. The Morgan fingerprint density at radius 1 is 1.16 bits per heavy atom. The Kier molecular flexibility index (Phi) is 3.46. The number of fused-ring (bicyclic) bond motifs is 2. The summed E-state index contributed by atoms with van der Waals surface area (Å²) >= 11 is 0. The minimum atomic E-state index is -0.339. The lowest BCUT2D eigenvalue weighted by atomic mass is 10.1. The normalized spacial score (nSPS) is 13.1. The van der Waals surface area contributed by atoms with Gasteiger partial charge in [-0.15, -0.1) is 0 Å². The van der Waals surface area contributed by atoms with Crippen LogP contribution in [0.25, 0.3) is 11.0 Å². The number of hydrogen-bond donors (Lipinski definition) is 2. The number of anilines is 2. The molecule has 4 rings (SSSR count). The zero-order chi connectivity index (χ0) is 17.6. The molecule has 2 heterocycles. The van der Waals surface area contributed by atoms with E-state index in [0.29, 0.717) is 22.7 Å². The predicted octanol–water partition coefficient (Wildman–Crippen LogP) is 3.63. The Labute approximate surface area is 143 Å². The maximum Gasteiger partial charge on any atom is 0.291 e. The average Bonchev–Trinajstić information content (AvgIpc) is 2.91. The second-order valence-corrected chi connectivity index (χ2v) is 6.06. The first-order valence-electron chi connectivity index (χ1n) is 7.89. The van der Waals surface area contributed by atoms with Gasteiger partial charge < -0.3 is 19.8 Å². The highest BCUT2D eigenvalue weighted by Crippen LogP contribution is 2.31. The number of ether oxygens (including phenoxy) is 1. The molecule has 0 fully saturated rings. The molecule has 25 heavy (non-hydrogen) atoms. The third-order valence-corrected chi connectivity index (χ3v) is 4.17. The maximum absolute atomic E-state index is 12.6. The van der Waals surface area contributed by atoms with Crippen molar-refractivity contribution in [3.8, 4) is 5.75 Å². The van der Waals surface area contributed by atoms with Crippen LogP contribution in [0.5, 0.6) is 5.75 Å². The Bertz CT molecular complexity index is 1020. The van der Waals surface area contributed by atoms with Gasteiger partial charge in [-0.1, -0.05) is 11.6 Å². The molecule has 3 aromatic rings. The summed E-state index contributed by atoms with van der Waals surface area (Å²) in [6.45, 7) is 3.85. The molecule has 0 unspecified atom stereocenters. The highest BCUT2D eigenvalue weighted by Gasteiger charge is 2.20. The molecule has 1 aliphatic heterocycles. The van der Waals surface area contributed by atoms with Crippen LogP contribution in [0.4, 0.5) is 11.4 Å². The molecule has 2 amide bonds. The van der Waals surface area contributed by atoms with Crippen molar-refractivity contribution < 1.29 is 18.7 Å². The Hall–Kier alpha value is -3.28. The van der Waals surface area contributed by atoms with Gasteiger partial charge in [-0.05, 0) is 44.2 Å². The van der Waals surface area contributed by atoms with Crippen LogP contribution in [0.3, 0.4) is 0 Å². The molecule has 126 valence electrons. The van der Waals surface area contributed by atoms with Gasteiger partial charge in [-0.25, -0.2) is 0 Å². The molecule has 0 spiro atoms. The predicted molar refractivity (Wildman–Crippen MR) is 94.2 cm³/mol. The van der Waals surface area contributed by atoms with E-state index in [1.54, 1.807) is 18.2 Å². The molecule has 0 aliphatic carbocycles. The highest BCUT2D eigenvalue weighted by molar-refractivity contribution is 6.07. The third kappa shape index (κ3) is 2.71. The summed E-state index contributed by atoms with van der Waals surface area (Å²) in [6, 6.07) is 10.9. The third-order valence-electron chi connectivity index (χ3n) is 4.17. The fourth-order valence-corrected chi connectivity index (χ4v) is 2.90. The van der Waals surface area contributed by atoms with E-state index in [9.17, 15) is 9.59 Å². The summed E-state index contributed by atoms with van der Waals surface area (Å²) in [5.41, 5.74) is 3.66. The number of aryl methyl sites for hydroxylation is 2. The number of hydrogen-bond acceptors (Lipinski definition) is 4. The van der Waals surface area contributed by atoms with E-state index in [-0.39, 0.29) is 24.2 Å². The van der Waals surface area contributed by atoms with E-state index in [2.05, 4.69) is 10.6 Å². The van der Waals surface area contributed by atoms with Gasteiger partial charge in [0.15, 0.2) is 12.4 Å². The van der Waals surface area contributed by atoms with Gasteiger partial charge in [0.05, 0.1) is 5.69 Å². The van der Waals surface area contributed by atoms with Gasteiger partial charge >= 0.3 is 0 Å². The van der Waals surface area contributed by atoms with Crippen molar-refractivity contribution in [1.82, 2.24) is 0 Å². The van der Waals surface area contributed by atoms with Gasteiger partial charge in [0.2, 0.25) is 0 Å². The first-order valence-corrected chi connectivity index (χ1v) is 7.89. The fraction of sp³-hybridized carbons (Fsp3) is 0.158. The highest BCUT2D eigenvalue weighted by atomic mass is 16.5. The van der Waals surface area contributed by atoms with E-state index in [1.807, 2.05) is 32.0 Å². The number of furan rings is 1. The fourth-order valence-electron chi connectivity index (χ4n) is 2.90. The second kappa shape index (κ2) is 5.66. The molecule has 0 radical (unpaired) electrons. The first kappa shape index (κ1) is 15.3. The van der Waals surface area contributed by atoms with Crippen molar-refractivity contribution in [3.63, 3.8) is 0 Å². The molecule has 0 saturated heterocycles. The maximum atomic E-state index is 12.6. The summed E-state index contributed by atoms with van der Waals surface area (Å²) in [6.07, 6.45) is 0. The number of rotatable bonds is 2. The minimum absolute atomic E-state index is 0.00367. The molecular weight excluding hydrogens is 320 g/mol. The van der Waals surface area contributed by atoms with Crippen molar-refractivity contribution in [2.45, 2.75) is 13.8 Å². The number of amides is 2. The van der Waals surface area contributed by atoms with Crippen molar-refractivity contribution in [2.75, 3.05) is 17.2 Å². The van der Waals surface area contributed by atoms with E-state index >= 15 is 0 Å². The van der Waals surface area contributed by atoms with Gasteiger partial charge in [-0.2, -0.15) is 0 Å². The lowest BCUT2D eigenvalue weighted by Gasteiger charge is -2.18. The van der Waals surface area contributed by atoms with Crippen LogP contribution < -0.4 is 15.4 Å². The first-order chi connectivity index (χ1) is 12.0. The van der Waals surface area contributed by atoms with Gasteiger partial charge in [0.1, 0.15) is 11.3 Å². The van der Waals surface area contributed by atoms with E-state index in [0.717, 1.165) is 16.5 Å². The molecule has 0 atom stereocenters. The van der Waals surface area contributed by atoms with E-state index in [4.69, 9.17) is 9.15 Å². The van der Waals surface area contributed by atoms with Crippen LogP contribution >= 0.6 is 0 Å². The quantitative estimate of drug-likeness (QED) is 0.749. The standard InChI is InChI=1S/C19H16N2O4/c1-10-3-5-15-13(7-10)11(2)18(25-15)19(23)20-12-4-6-16-14(8-12)21-17(22)9-24-16/h3-8H,9H2,1-2H3,(H,20,23)(H,21,22). The number of carbonyl (C=O) groups is 2. The van der Waals surface area contributed by atoms with Gasteiger partial charge in [-0.3, -0.25) is 9.59 Å². The number of benzene rings is 2. The van der Waals surface area contributed by atoms with Crippen LogP contribution in [0, 0.1) is 13.8 Å². The summed E-state index contributed by atoms with van der Waals surface area (Å²) < 4.78 is 11.0. The average molecular weight is 336 g/mol. The van der Waals surface area contributed by atoms with E-state index in [1.165, 1.54) is 0 Å². The molecule has 2 aromatic carbocycles. The van der Waals surface area contributed by atoms with E-state index < -0.39 is 0 Å². The topological polar surface area (TPSA) is 80.6 Å². The minimum Gasteiger partial charge on any atom is -0.482 e. The summed E-state index contributed by atoms with van der Waals surface area (Å²) in [5.74, 6) is 0.292. The summed E-state index contributed by atoms with van der Waals surface area (Å²) in [4.78, 5) is 24.0. The summed E-state index contributed by atoms with van der Waals surface area (Å²) in [5, 5.41) is 6.44. The van der Waals surface area contributed by atoms with Crippen LogP contribution in [0.1, 0.15) is 21.7 Å². The monoisotopic (exact) mass is 336 g/mol. The Balaban J connectivity index is 1.63. The van der Waals surface area contributed by atoms with Crippen LogP contribution in [0.15, 0.2) is 40.8 Å². The molecule has 6 nitrogen and oxygen atoms in total. The van der Waals surface area contributed by atoms with Crippen LogP contribution in [-0.2, 0) is 4.79 Å². The van der Waals surface area contributed by atoms with Crippen LogP contribution in [0.2, 0.25) is 0 Å². The zero-order valence-corrected chi connectivity index (χ0v) is 13.8. The molecule has 6 heteroatoms. The van der Waals surface area contributed by atoms with Crippen molar-refractivity contribution in [1.29, 1.82) is 0 Å². The van der Waals surface area contributed by atoms with Crippen molar-refractivity contribution in [2.24, 2.45) is 0 Å². The number of nitrogens with one attached hydrogen (secondary N) is 2. The molecular formula is C19H16N2O4. The lowest BCUT2D eigenvalue weighted by molar-refractivity contribution is -0.118. The van der Waals surface area contributed by atoms with Gasteiger partial charge in [0, 0.05) is 16.6 Å². The van der Waals surface area contributed by atoms with Crippen molar-refractivity contribution >= 4 is 34.2 Å². The smallest absolute Gasteiger partial charge is 0.291 e. The second-order valence-electron chi connectivity index (χ2n) is 6.06. The van der Waals surface area contributed by atoms with Crippen molar-refractivity contribution in [3.05, 3.63) is 53.3 Å². The lowest BCUT2D eigenvalue weighted by Crippen LogP contribution is -2.25. The SMILES string of the molecule is Cc1ccc2oc(C(=O)Nc3ccc4c(c3)NC(=O)CO4)c(C)c2c1. The zero-order valence-electron chi connectivity index (χ0n) is 13.8.